The van der Waals surface area contributed by atoms with Gasteiger partial charge in [0.15, 0.2) is 0 Å². The molecule has 3 rings (SSSR count). The average Bonchev–Trinajstić information content (AvgIpc) is 2.56. The second-order valence-corrected chi connectivity index (χ2v) is 5.75. The van der Waals surface area contributed by atoms with Crippen molar-refractivity contribution in [1.29, 1.82) is 0 Å². The van der Waals surface area contributed by atoms with Crippen LogP contribution in [0.3, 0.4) is 0 Å². The predicted octanol–water partition coefficient (Wildman–Crippen LogP) is 4.40. The highest BCUT2D eigenvalue weighted by molar-refractivity contribution is 9.10. The van der Waals surface area contributed by atoms with Gasteiger partial charge in [-0.15, -0.1) is 0 Å². The highest BCUT2D eigenvalue weighted by Gasteiger charge is 2.12. The number of aromatic nitrogens is 1. The minimum atomic E-state index is -0.516. The SMILES string of the molecule is COc1ccc2nc(C(=O)Nc3ccc(Br)cc3F)ccc2c1. The molecule has 0 saturated carbocycles. The van der Waals surface area contributed by atoms with E-state index in [1.165, 1.54) is 12.1 Å². The molecule has 6 heteroatoms. The Labute approximate surface area is 140 Å². The summed E-state index contributed by atoms with van der Waals surface area (Å²) >= 11 is 3.17. The van der Waals surface area contributed by atoms with Crippen molar-refractivity contribution < 1.29 is 13.9 Å². The zero-order chi connectivity index (χ0) is 16.4. The van der Waals surface area contributed by atoms with E-state index in [1.807, 2.05) is 6.07 Å². The third-order valence-electron chi connectivity index (χ3n) is 3.31. The van der Waals surface area contributed by atoms with Crippen molar-refractivity contribution in [1.82, 2.24) is 4.98 Å². The molecule has 2 aromatic carbocycles. The minimum absolute atomic E-state index is 0.106. The number of anilines is 1. The van der Waals surface area contributed by atoms with Gasteiger partial charge in [-0.25, -0.2) is 9.37 Å². The van der Waals surface area contributed by atoms with Crippen LogP contribution in [0.25, 0.3) is 10.9 Å². The molecule has 0 aliphatic rings. The summed E-state index contributed by atoms with van der Waals surface area (Å²) in [4.78, 5) is 16.5. The molecule has 1 amide bonds. The number of halogens is 2. The molecular weight excluding hydrogens is 363 g/mol. The standard InChI is InChI=1S/C17H12BrFN2O2/c1-23-12-4-7-14-10(8-12)2-5-16(20-14)17(22)21-15-6-3-11(18)9-13(15)19/h2-9H,1H3,(H,21,22). The zero-order valence-electron chi connectivity index (χ0n) is 12.1. The van der Waals surface area contributed by atoms with Gasteiger partial charge in [-0.1, -0.05) is 22.0 Å². The lowest BCUT2D eigenvalue weighted by Crippen LogP contribution is -2.14. The molecule has 1 N–H and O–H groups in total. The number of carbonyl (C=O) groups is 1. The monoisotopic (exact) mass is 374 g/mol. The topological polar surface area (TPSA) is 51.2 Å². The number of nitrogens with one attached hydrogen (secondary N) is 1. The summed E-state index contributed by atoms with van der Waals surface area (Å²) < 4.78 is 19.5. The van der Waals surface area contributed by atoms with Gasteiger partial charge in [0, 0.05) is 9.86 Å². The number of ether oxygens (including phenoxy) is 1. The van der Waals surface area contributed by atoms with Crippen LogP contribution in [0, 0.1) is 5.82 Å². The van der Waals surface area contributed by atoms with Crippen LogP contribution in [-0.4, -0.2) is 18.0 Å². The van der Waals surface area contributed by atoms with E-state index in [9.17, 15) is 9.18 Å². The summed E-state index contributed by atoms with van der Waals surface area (Å²) in [6.07, 6.45) is 0. The molecule has 0 spiro atoms. The largest absolute Gasteiger partial charge is 0.497 e. The maximum Gasteiger partial charge on any atom is 0.274 e. The van der Waals surface area contributed by atoms with E-state index in [4.69, 9.17) is 4.74 Å². The van der Waals surface area contributed by atoms with Gasteiger partial charge in [-0.2, -0.15) is 0 Å². The number of hydrogen-bond donors (Lipinski definition) is 1. The fourth-order valence-corrected chi connectivity index (χ4v) is 2.47. The molecule has 1 aromatic heterocycles. The molecule has 0 unspecified atom stereocenters. The minimum Gasteiger partial charge on any atom is -0.497 e. The Kier molecular flexibility index (Phi) is 4.25. The number of methoxy groups -OCH3 is 1. The number of nitrogens with zero attached hydrogens (tertiary/aromatic N) is 1. The van der Waals surface area contributed by atoms with Crippen molar-refractivity contribution >= 4 is 38.4 Å². The van der Waals surface area contributed by atoms with Gasteiger partial charge < -0.3 is 10.1 Å². The number of hydrogen-bond acceptors (Lipinski definition) is 3. The number of amides is 1. The number of pyridine rings is 1. The second kappa shape index (κ2) is 6.34. The van der Waals surface area contributed by atoms with E-state index in [0.717, 1.165) is 5.39 Å². The van der Waals surface area contributed by atoms with Crippen molar-refractivity contribution in [2.75, 3.05) is 12.4 Å². The Morgan fingerprint density at radius 3 is 2.74 bits per heavy atom. The van der Waals surface area contributed by atoms with Crippen LogP contribution in [0.4, 0.5) is 10.1 Å². The van der Waals surface area contributed by atoms with Gasteiger partial charge in [0.05, 0.1) is 18.3 Å². The van der Waals surface area contributed by atoms with Crippen molar-refractivity contribution in [3.8, 4) is 5.75 Å². The predicted molar refractivity (Wildman–Crippen MR) is 90.3 cm³/mol. The van der Waals surface area contributed by atoms with Crippen LogP contribution in [-0.2, 0) is 0 Å². The van der Waals surface area contributed by atoms with Crippen molar-refractivity contribution in [2.24, 2.45) is 0 Å². The molecule has 3 aromatic rings. The molecule has 0 saturated heterocycles. The van der Waals surface area contributed by atoms with Crippen LogP contribution in [0.5, 0.6) is 5.75 Å². The summed E-state index contributed by atoms with van der Waals surface area (Å²) in [5.41, 5.74) is 0.981. The number of benzene rings is 2. The smallest absolute Gasteiger partial charge is 0.274 e. The van der Waals surface area contributed by atoms with Gasteiger partial charge in [-0.05, 0) is 42.5 Å². The molecule has 1 heterocycles. The Morgan fingerprint density at radius 1 is 1.17 bits per heavy atom. The molecule has 4 nitrogen and oxygen atoms in total. The van der Waals surface area contributed by atoms with Crippen LogP contribution in [0.1, 0.15) is 10.5 Å². The van der Waals surface area contributed by atoms with E-state index in [2.05, 4.69) is 26.2 Å². The Hall–Kier alpha value is -2.47. The third-order valence-corrected chi connectivity index (χ3v) is 3.80. The van der Waals surface area contributed by atoms with Crippen LogP contribution in [0.2, 0.25) is 0 Å². The third kappa shape index (κ3) is 3.32. The summed E-state index contributed by atoms with van der Waals surface area (Å²) in [6, 6.07) is 13.2. The highest BCUT2D eigenvalue weighted by Crippen LogP contribution is 2.22. The van der Waals surface area contributed by atoms with Crippen molar-refractivity contribution in [3.63, 3.8) is 0 Å². The normalized spacial score (nSPS) is 10.6. The summed E-state index contributed by atoms with van der Waals surface area (Å²) in [6.45, 7) is 0. The lowest BCUT2D eigenvalue weighted by molar-refractivity contribution is 0.102. The van der Waals surface area contributed by atoms with Crippen LogP contribution < -0.4 is 10.1 Å². The Bertz CT molecular complexity index is 899. The van der Waals surface area contributed by atoms with Crippen LogP contribution in [0.15, 0.2) is 53.0 Å². The average molecular weight is 375 g/mol. The lowest BCUT2D eigenvalue weighted by atomic mass is 10.2. The van der Waals surface area contributed by atoms with Gasteiger partial charge in [-0.3, -0.25) is 4.79 Å². The lowest BCUT2D eigenvalue weighted by Gasteiger charge is -2.07. The van der Waals surface area contributed by atoms with Crippen molar-refractivity contribution in [3.05, 3.63) is 64.5 Å². The van der Waals surface area contributed by atoms with Gasteiger partial charge in [0.1, 0.15) is 17.3 Å². The first-order chi connectivity index (χ1) is 11.1. The Morgan fingerprint density at radius 2 is 2.00 bits per heavy atom. The van der Waals surface area contributed by atoms with Crippen LogP contribution >= 0.6 is 15.9 Å². The second-order valence-electron chi connectivity index (χ2n) is 4.83. The maximum atomic E-state index is 13.8. The molecule has 0 aliphatic heterocycles. The van der Waals surface area contributed by atoms with E-state index in [1.54, 1.807) is 37.4 Å². The molecule has 23 heavy (non-hydrogen) atoms. The number of rotatable bonds is 3. The van der Waals surface area contributed by atoms with E-state index in [0.29, 0.717) is 15.7 Å². The number of fused-ring (bicyclic) bond motifs is 1. The van der Waals surface area contributed by atoms with E-state index >= 15 is 0 Å². The molecule has 0 fully saturated rings. The molecule has 0 aliphatic carbocycles. The quantitative estimate of drug-likeness (QED) is 0.739. The van der Waals surface area contributed by atoms with Gasteiger partial charge >= 0.3 is 0 Å². The van der Waals surface area contributed by atoms with Gasteiger partial charge in [0.25, 0.3) is 5.91 Å². The van der Waals surface area contributed by atoms with Gasteiger partial charge in [0.2, 0.25) is 0 Å². The van der Waals surface area contributed by atoms with E-state index < -0.39 is 11.7 Å². The fraction of sp³-hybridized carbons (Fsp3) is 0.0588. The highest BCUT2D eigenvalue weighted by atomic mass is 79.9. The number of carbonyl (C=O) groups excluding carboxylic acids is 1. The summed E-state index contributed by atoms with van der Waals surface area (Å²) in [7, 11) is 1.59. The first-order valence-electron chi connectivity index (χ1n) is 6.78. The Balaban J connectivity index is 1.88. The van der Waals surface area contributed by atoms with Crippen molar-refractivity contribution in [2.45, 2.75) is 0 Å². The summed E-state index contributed by atoms with van der Waals surface area (Å²) in [5, 5.41) is 3.38. The molecule has 0 atom stereocenters. The first-order valence-corrected chi connectivity index (χ1v) is 7.57. The zero-order valence-corrected chi connectivity index (χ0v) is 13.7. The summed E-state index contributed by atoms with van der Waals surface area (Å²) in [5.74, 6) is -0.268. The maximum absolute atomic E-state index is 13.8. The fourth-order valence-electron chi connectivity index (χ4n) is 2.13. The molecule has 116 valence electrons. The first kappa shape index (κ1) is 15.4. The molecular formula is C17H12BrFN2O2. The molecule has 0 bridgehead atoms. The van der Waals surface area contributed by atoms with E-state index in [-0.39, 0.29) is 11.4 Å². The molecule has 0 radical (unpaired) electrons.